The summed E-state index contributed by atoms with van der Waals surface area (Å²) in [5, 5.41) is 7.13. The standard InChI is InChI=1S/C28H28N6O2/c1-33-18-23(16-32-33)22-14-25(26(29)30-15-22)27(35)31-17-24-8-5-13-34(24)28(36)21-11-9-20(10-12-21)19-6-3-2-4-7-19/h2-4,6-7,9-12,14-16,18,24H,5,8,13,17H2,1H3,(H2,29,30)(H,31,35). The van der Waals surface area contributed by atoms with Crippen molar-refractivity contribution in [2.24, 2.45) is 7.05 Å². The number of amides is 2. The van der Waals surface area contributed by atoms with E-state index in [-0.39, 0.29) is 23.7 Å². The third-order valence-electron chi connectivity index (χ3n) is 6.58. The minimum absolute atomic E-state index is 0.0221. The van der Waals surface area contributed by atoms with E-state index in [1.54, 1.807) is 23.1 Å². The molecule has 8 heteroatoms. The van der Waals surface area contributed by atoms with E-state index in [1.807, 2.05) is 72.7 Å². The quantitative estimate of drug-likeness (QED) is 0.437. The predicted octanol–water partition coefficient (Wildman–Crippen LogP) is 3.77. The zero-order valence-corrected chi connectivity index (χ0v) is 20.1. The Bertz CT molecular complexity index is 1380. The smallest absolute Gasteiger partial charge is 0.255 e. The minimum Gasteiger partial charge on any atom is -0.383 e. The van der Waals surface area contributed by atoms with Crippen molar-refractivity contribution < 1.29 is 9.59 Å². The van der Waals surface area contributed by atoms with Gasteiger partial charge in [0, 0.05) is 55.3 Å². The molecule has 1 aliphatic heterocycles. The van der Waals surface area contributed by atoms with E-state index < -0.39 is 0 Å². The number of nitrogens with zero attached hydrogens (tertiary/aromatic N) is 4. The van der Waals surface area contributed by atoms with Gasteiger partial charge in [0.15, 0.2) is 0 Å². The lowest BCUT2D eigenvalue weighted by molar-refractivity contribution is 0.0725. The lowest BCUT2D eigenvalue weighted by Gasteiger charge is -2.25. The highest BCUT2D eigenvalue weighted by atomic mass is 16.2. The number of aromatic nitrogens is 3. The van der Waals surface area contributed by atoms with E-state index in [0.717, 1.165) is 35.1 Å². The van der Waals surface area contributed by atoms with Crippen LogP contribution in [-0.2, 0) is 7.05 Å². The fraction of sp³-hybridized carbons (Fsp3) is 0.214. The number of rotatable bonds is 6. The van der Waals surface area contributed by atoms with Gasteiger partial charge >= 0.3 is 0 Å². The first kappa shape index (κ1) is 23.3. The number of pyridine rings is 1. The molecule has 2 aromatic carbocycles. The Morgan fingerprint density at radius 3 is 2.47 bits per heavy atom. The topological polar surface area (TPSA) is 106 Å². The van der Waals surface area contributed by atoms with Gasteiger partial charge < -0.3 is 16.0 Å². The van der Waals surface area contributed by atoms with Crippen molar-refractivity contribution in [3.05, 3.63) is 90.4 Å². The Labute approximate surface area is 209 Å². The molecule has 3 heterocycles. The highest BCUT2D eigenvalue weighted by Crippen LogP contribution is 2.24. The van der Waals surface area contributed by atoms with Crippen LogP contribution >= 0.6 is 0 Å². The summed E-state index contributed by atoms with van der Waals surface area (Å²) in [6.07, 6.45) is 6.92. The summed E-state index contributed by atoms with van der Waals surface area (Å²) in [4.78, 5) is 32.3. The van der Waals surface area contributed by atoms with Crippen LogP contribution in [0.25, 0.3) is 22.3 Å². The molecular weight excluding hydrogens is 452 g/mol. The van der Waals surface area contributed by atoms with Crippen LogP contribution in [-0.4, -0.2) is 50.6 Å². The molecule has 182 valence electrons. The molecule has 1 unspecified atom stereocenters. The monoisotopic (exact) mass is 480 g/mol. The number of carbonyl (C=O) groups excluding carboxylic acids is 2. The third kappa shape index (κ3) is 4.84. The van der Waals surface area contributed by atoms with Crippen LogP contribution in [0.5, 0.6) is 0 Å². The highest BCUT2D eigenvalue weighted by molar-refractivity contribution is 5.99. The number of hydrogen-bond acceptors (Lipinski definition) is 5. The number of nitrogen functional groups attached to an aromatic ring is 1. The maximum Gasteiger partial charge on any atom is 0.255 e. The summed E-state index contributed by atoms with van der Waals surface area (Å²) in [5.74, 6) is -0.165. The number of anilines is 1. The Morgan fingerprint density at radius 2 is 1.75 bits per heavy atom. The number of likely N-dealkylation sites (tertiary alicyclic amines) is 1. The Balaban J connectivity index is 1.25. The van der Waals surface area contributed by atoms with Crippen molar-refractivity contribution in [1.82, 2.24) is 25.0 Å². The normalized spacial score (nSPS) is 15.1. The molecule has 0 radical (unpaired) electrons. The van der Waals surface area contributed by atoms with Gasteiger partial charge in [0.25, 0.3) is 11.8 Å². The molecule has 0 saturated carbocycles. The van der Waals surface area contributed by atoms with Crippen LogP contribution in [0.1, 0.15) is 33.6 Å². The van der Waals surface area contributed by atoms with Gasteiger partial charge in [0.2, 0.25) is 0 Å². The molecule has 1 saturated heterocycles. The molecule has 2 aromatic heterocycles. The Morgan fingerprint density at radius 1 is 1.00 bits per heavy atom. The average molecular weight is 481 g/mol. The van der Waals surface area contributed by atoms with E-state index in [0.29, 0.717) is 24.2 Å². The second-order valence-corrected chi connectivity index (χ2v) is 9.01. The summed E-state index contributed by atoms with van der Waals surface area (Å²) < 4.78 is 1.69. The SMILES string of the molecule is Cn1cc(-c2cnc(N)c(C(=O)NCC3CCCN3C(=O)c3ccc(-c4ccccc4)cc3)c2)cn1. The van der Waals surface area contributed by atoms with Gasteiger partial charge in [-0.25, -0.2) is 4.98 Å². The van der Waals surface area contributed by atoms with Gasteiger partial charge in [-0.3, -0.25) is 14.3 Å². The van der Waals surface area contributed by atoms with Gasteiger partial charge in [-0.2, -0.15) is 5.10 Å². The Hall–Kier alpha value is -4.46. The Kier molecular flexibility index (Phi) is 6.49. The van der Waals surface area contributed by atoms with Crippen LogP contribution in [0.3, 0.4) is 0 Å². The number of benzene rings is 2. The molecule has 0 aliphatic carbocycles. The van der Waals surface area contributed by atoms with E-state index in [9.17, 15) is 9.59 Å². The first-order valence-electron chi connectivity index (χ1n) is 12.0. The van der Waals surface area contributed by atoms with Crippen LogP contribution in [0.2, 0.25) is 0 Å². The van der Waals surface area contributed by atoms with Gasteiger partial charge in [0.1, 0.15) is 5.82 Å². The number of nitrogens with one attached hydrogen (secondary N) is 1. The predicted molar refractivity (Wildman–Crippen MR) is 139 cm³/mol. The maximum atomic E-state index is 13.3. The molecule has 2 amide bonds. The van der Waals surface area contributed by atoms with Crippen molar-refractivity contribution in [2.75, 3.05) is 18.8 Å². The van der Waals surface area contributed by atoms with Gasteiger partial charge in [-0.05, 0) is 42.2 Å². The molecule has 1 aliphatic rings. The molecule has 1 fully saturated rings. The average Bonchev–Trinajstić information content (AvgIpc) is 3.57. The van der Waals surface area contributed by atoms with Gasteiger partial charge in [0.05, 0.1) is 11.8 Å². The molecule has 3 N–H and O–H groups in total. The zero-order valence-electron chi connectivity index (χ0n) is 20.1. The molecule has 5 rings (SSSR count). The van der Waals surface area contributed by atoms with E-state index in [4.69, 9.17) is 5.73 Å². The third-order valence-corrected chi connectivity index (χ3v) is 6.58. The summed E-state index contributed by atoms with van der Waals surface area (Å²) in [6, 6.07) is 19.4. The largest absolute Gasteiger partial charge is 0.383 e. The summed E-state index contributed by atoms with van der Waals surface area (Å²) in [5.41, 5.74) is 10.8. The van der Waals surface area contributed by atoms with Crippen molar-refractivity contribution in [2.45, 2.75) is 18.9 Å². The van der Waals surface area contributed by atoms with Crippen LogP contribution in [0.15, 0.2) is 79.3 Å². The van der Waals surface area contributed by atoms with E-state index >= 15 is 0 Å². The van der Waals surface area contributed by atoms with Crippen LogP contribution in [0, 0.1) is 0 Å². The van der Waals surface area contributed by atoms with Crippen molar-refractivity contribution in [1.29, 1.82) is 0 Å². The maximum absolute atomic E-state index is 13.3. The molecule has 0 bridgehead atoms. The van der Waals surface area contributed by atoms with Crippen molar-refractivity contribution >= 4 is 17.6 Å². The van der Waals surface area contributed by atoms with E-state index in [2.05, 4.69) is 15.4 Å². The second-order valence-electron chi connectivity index (χ2n) is 9.01. The van der Waals surface area contributed by atoms with Crippen molar-refractivity contribution in [3.63, 3.8) is 0 Å². The number of hydrogen-bond donors (Lipinski definition) is 2. The van der Waals surface area contributed by atoms with Gasteiger partial charge in [-0.1, -0.05) is 42.5 Å². The number of nitrogens with two attached hydrogens (primary N) is 1. The highest BCUT2D eigenvalue weighted by Gasteiger charge is 2.30. The summed E-state index contributed by atoms with van der Waals surface area (Å²) in [6.45, 7) is 1.02. The first-order valence-corrected chi connectivity index (χ1v) is 12.0. The lowest BCUT2D eigenvalue weighted by atomic mass is 10.0. The zero-order chi connectivity index (χ0) is 25.1. The van der Waals surface area contributed by atoms with Crippen molar-refractivity contribution in [3.8, 4) is 22.3 Å². The minimum atomic E-state index is -0.308. The molecule has 8 nitrogen and oxygen atoms in total. The molecular formula is C28H28N6O2. The van der Waals surface area contributed by atoms with Gasteiger partial charge in [-0.15, -0.1) is 0 Å². The fourth-order valence-corrected chi connectivity index (χ4v) is 4.61. The van der Waals surface area contributed by atoms with Crippen LogP contribution < -0.4 is 11.1 Å². The molecule has 36 heavy (non-hydrogen) atoms. The van der Waals surface area contributed by atoms with Crippen LogP contribution in [0.4, 0.5) is 5.82 Å². The summed E-state index contributed by atoms with van der Waals surface area (Å²) in [7, 11) is 1.83. The second kappa shape index (κ2) is 10.0. The lowest BCUT2D eigenvalue weighted by Crippen LogP contribution is -2.43. The number of carbonyl (C=O) groups is 2. The number of aryl methyl sites for hydroxylation is 1. The van der Waals surface area contributed by atoms with E-state index in [1.165, 1.54) is 0 Å². The first-order chi connectivity index (χ1) is 17.5. The molecule has 0 spiro atoms. The fourth-order valence-electron chi connectivity index (χ4n) is 4.61. The molecule has 4 aromatic rings. The molecule has 1 atom stereocenters. The summed E-state index contributed by atoms with van der Waals surface area (Å²) >= 11 is 0.